The summed E-state index contributed by atoms with van der Waals surface area (Å²) in [6, 6.07) is 22.3. The normalized spacial score (nSPS) is 12.8. The number of rotatable bonds is 7. The van der Waals surface area contributed by atoms with E-state index in [1.165, 1.54) is 18.2 Å². The van der Waals surface area contributed by atoms with Crippen molar-refractivity contribution in [2.24, 2.45) is 7.05 Å². The number of nitro groups is 1. The number of halogens is 4. The lowest BCUT2D eigenvalue weighted by Crippen LogP contribution is -2.22. The summed E-state index contributed by atoms with van der Waals surface area (Å²) < 4.78 is 32.6. The molecule has 0 saturated carbocycles. The van der Waals surface area contributed by atoms with Crippen LogP contribution in [0, 0.1) is 21.7 Å². The van der Waals surface area contributed by atoms with Gasteiger partial charge in [-0.25, -0.2) is 8.78 Å². The lowest BCUT2D eigenvalue weighted by molar-refractivity contribution is -0.383. The molecule has 2 aromatic heterocycles. The SMILES string of the molecule is CN(C)C(c1cc(Br)ccc1F)c1c[nH]c2cccc([N+](=O)[O-])c12.CN(C)C(c1cc(Br)ccc1F)c1cn(C)c2ccccc12. The van der Waals surface area contributed by atoms with Gasteiger partial charge in [0.05, 0.1) is 27.9 Å². The number of nitrogens with zero attached hydrogens (tertiary/aromatic N) is 4. The van der Waals surface area contributed by atoms with Gasteiger partial charge in [-0.2, -0.15) is 0 Å². The molecule has 0 fully saturated rings. The lowest BCUT2D eigenvalue weighted by atomic mass is 9.96. The molecule has 2 heterocycles. The fourth-order valence-electron chi connectivity index (χ4n) is 6.05. The summed E-state index contributed by atoms with van der Waals surface area (Å²) in [4.78, 5) is 17.9. The molecule has 7 nitrogen and oxygen atoms in total. The van der Waals surface area contributed by atoms with Crippen LogP contribution in [0.15, 0.2) is 100 Å². The van der Waals surface area contributed by atoms with Gasteiger partial charge in [-0.15, -0.1) is 0 Å². The molecule has 11 heteroatoms. The Hall–Kier alpha value is -3.90. The van der Waals surface area contributed by atoms with E-state index in [2.05, 4.69) is 59.7 Å². The third kappa shape index (κ3) is 6.64. The number of hydrogen-bond donors (Lipinski definition) is 1. The highest BCUT2D eigenvalue weighted by Crippen LogP contribution is 2.39. The maximum atomic E-state index is 14.4. The molecule has 6 rings (SSSR count). The first-order chi connectivity index (χ1) is 21.9. The first kappa shape index (κ1) is 33.5. The van der Waals surface area contributed by atoms with Crippen LogP contribution in [0.3, 0.4) is 0 Å². The summed E-state index contributed by atoms with van der Waals surface area (Å²) in [5.74, 6) is -0.542. The lowest BCUT2D eigenvalue weighted by Gasteiger charge is -2.25. The first-order valence-corrected chi connectivity index (χ1v) is 16.0. The van der Waals surface area contributed by atoms with Gasteiger partial charge >= 0.3 is 0 Å². The van der Waals surface area contributed by atoms with Gasteiger partial charge in [0.1, 0.15) is 11.6 Å². The van der Waals surface area contributed by atoms with Crippen molar-refractivity contribution in [3.8, 4) is 0 Å². The largest absolute Gasteiger partial charge is 0.361 e. The van der Waals surface area contributed by atoms with Crippen LogP contribution in [0.25, 0.3) is 21.8 Å². The summed E-state index contributed by atoms with van der Waals surface area (Å²) in [5.41, 5.74) is 4.72. The summed E-state index contributed by atoms with van der Waals surface area (Å²) in [7, 11) is 9.62. The molecule has 2 unspecified atom stereocenters. The highest BCUT2D eigenvalue weighted by molar-refractivity contribution is 9.10. The zero-order valence-electron chi connectivity index (χ0n) is 25.9. The predicted octanol–water partition coefficient (Wildman–Crippen LogP) is 9.36. The Morgan fingerprint density at radius 2 is 1.35 bits per heavy atom. The van der Waals surface area contributed by atoms with Crippen LogP contribution < -0.4 is 0 Å². The smallest absolute Gasteiger partial charge is 0.279 e. The quantitative estimate of drug-likeness (QED) is 0.130. The predicted molar refractivity (Wildman–Crippen MR) is 187 cm³/mol. The monoisotopic (exact) mass is 751 g/mol. The van der Waals surface area contributed by atoms with Crippen molar-refractivity contribution in [1.29, 1.82) is 0 Å². The van der Waals surface area contributed by atoms with E-state index >= 15 is 0 Å². The summed E-state index contributed by atoms with van der Waals surface area (Å²) in [6.45, 7) is 0. The number of non-ortho nitro benzene ring substituents is 1. The Morgan fingerprint density at radius 1 is 0.783 bits per heavy atom. The topological polar surface area (TPSA) is 70.3 Å². The van der Waals surface area contributed by atoms with Crippen LogP contribution in [-0.4, -0.2) is 52.5 Å². The number of benzene rings is 4. The van der Waals surface area contributed by atoms with Crippen molar-refractivity contribution >= 4 is 59.4 Å². The van der Waals surface area contributed by atoms with E-state index in [1.807, 2.05) is 63.2 Å². The molecule has 0 saturated heterocycles. The number of para-hydroxylation sites is 1. The standard InChI is InChI=1S/C18H18BrFN2.C17H15BrFN3O2/c1-21(2)18(14-10-12(19)8-9-16(14)20)15-11-22(3)17-7-5-4-6-13(15)17;1-21(2)17(11-8-10(18)6-7-13(11)19)12-9-20-14-4-3-5-15(16(12)14)22(23)24/h4-11,18H,1-3H3;3-9,17,20H,1-2H3. The molecule has 0 aliphatic heterocycles. The second-order valence-corrected chi connectivity index (χ2v) is 13.3. The number of nitrogens with one attached hydrogen (secondary N) is 1. The van der Waals surface area contributed by atoms with E-state index in [-0.39, 0.29) is 23.4 Å². The van der Waals surface area contributed by atoms with E-state index in [4.69, 9.17) is 0 Å². The molecule has 0 amide bonds. The molecule has 0 aliphatic carbocycles. The molecule has 0 radical (unpaired) electrons. The fourth-order valence-corrected chi connectivity index (χ4v) is 6.80. The average molecular weight is 753 g/mol. The highest BCUT2D eigenvalue weighted by Gasteiger charge is 2.27. The van der Waals surface area contributed by atoms with E-state index in [0.29, 0.717) is 27.6 Å². The molecular formula is C35H33Br2F2N5O2. The zero-order chi connectivity index (χ0) is 33.3. The number of fused-ring (bicyclic) bond motifs is 2. The van der Waals surface area contributed by atoms with Gasteiger partial charge < -0.3 is 9.55 Å². The Bertz CT molecular complexity index is 2040. The number of H-pyrrole nitrogens is 1. The van der Waals surface area contributed by atoms with Gasteiger partial charge in [-0.3, -0.25) is 19.9 Å². The van der Waals surface area contributed by atoms with Crippen LogP contribution >= 0.6 is 31.9 Å². The third-order valence-corrected chi connectivity index (χ3v) is 8.95. The maximum Gasteiger partial charge on any atom is 0.279 e. The van der Waals surface area contributed by atoms with Gasteiger partial charge in [-0.1, -0.05) is 56.1 Å². The van der Waals surface area contributed by atoms with Crippen molar-refractivity contribution in [2.45, 2.75) is 12.1 Å². The van der Waals surface area contributed by atoms with Gasteiger partial charge in [0.25, 0.3) is 5.69 Å². The van der Waals surface area contributed by atoms with Gasteiger partial charge in [0.15, 0.2) is 0 Å². The van der Waals surface area contributed by atoms with E-state index < -0.39 is 11.0 Å². The minimum Gasteiger partial charge on any atom is -0.361 e. The van der Waals surface area contributed by atoms with Gasteiger partial charge in [-0.05, 0) is 82.3 Å². The van der Waals surface area contributed by atoms with Gasteiger partial charge in [0.2, 0.25) is 0 Å². The van der Waals surface area contributed by atoms with Crippen LogP contribution in [0.1, 0.15) is 34.3 Å². The zero-order valence-corrected chi connectivity index (χ0v) is 29.1. The van der Waals surface area contributed by atoms with Crippen LogP contribution in [0.4, 0.5) is 14.5 Å². The summed E-state index contributed by atoms with van der Waals surface area (Å²) >= 11 is 6.81. The molecule has 0 bridgehead atoms. The number of hydrogen-bond acceptors (Lipinski definition) is 4. The first-order valence-electron chi connectivity index (χ1n) is 14.4. The molecule has 6 aromatic rings. The Morgan fingerprint density at radius 3 is 1.91 bits per heavy atom. The molecule has 0 spiro atoms. The minimum atomic E-state index is -0.461. The third-order valence-electron chi connectivity index (χ3n) is 7.97. The minimum absolute atomic E-state index is 0.00556. The second-order valence-electron chi connectivity index (χ2n) is 11.5. The van der Waals surface area contributed by atoms with E-state index in [1.54, 1.807) is 36.5 Å². The van der Waals surface area contributed by atoms with Crippen LogP contribution in [0.2, 0.25) is 0 Å². The van der Waals surface area contributed by atoms with E-state index in [9.17, 15) is 18.9 Å². The Labute approximate surface area is 282 Å². The maximum absolute atomic E-state index is 14.4. The average Bonchev–Trinajstić information content (AvgIpc) is 3.58. The van der Waals surface area contributed by atoms with Crippen molar-refractivity contribution in [3.05, 3.63) is 144 Å². The highest BCUT2D eigenvalue weighted by atomic mass is 79.9. The summed E-state index contributed by atoms with van der Waals surface area (Å²) in [5, 5.41) is 13.1. The Kier molecular flexibility index (Phi) is 10.1. The fraction of sp³-hybridized carbons (Fsp3) is 0.200. The molecule has 238 valence electrons. The second kappa shape index (κ2) is 13.8. The number of aromatic nitrogens is 2. The summed E-state index contributed by atoms with van der Waals surface area (Å²) in [6.07, 6.45) is 3.80. The number of aryl methyl sites for hydroxylation is 1. The van der Waals surface area contributed by atoms with Gasteiger partial charge in [0, 0.05) is 62.0 Å². The molecule has 1 N–H and O–H groups in total. The van der Waals surface area contributed by atoms with Crippen molar-refractivity contribution in [2.75, 3.05) is 28.2 Å². The molecule has 46 heavy (non-hydrogen) atoms. The molecule has 4 aromatic carbocycles. The molecule has 0 aliphatic rings. The van der Waals surface area contributed by atoms with Crippen molar-refractivity contribution in [1.82, 2.24) is 19.4 Å². The Balaban J connectivity index is 0.000000182. The molecule has 2 atom stereocenters. The molecular weight excluding hydrogens is 720 g/mol. The van der Waals surface area contributed by atoms with E-state index in [0.717, 1.165) is 25.4 Å². The number of aromatic amines is 1. The van der Waals surface area contributed by atoms with Crippen molar-refractivity contribution in [3.63, 3.8) is 0 Å². The van der Waals surface area contributed by atoms with Crippen LogP contribution in [-0.2, 0) is 7.05 Å². The van der Waals surface area contributed by atoms with Crippen LogP contribution in [0.5, 0.6) is 0 Å². The van der Waals surface area contributed by atoms with Crippen molar-refractivity contribution < 1.29 is 13.7 Å². The number of nitro benzene ring substituents is 1.